The van der Waals surface area contributed by atoms with Gasteiger partial charge in [-0.05, 0) is 30.8 Å². The molecule has 2 N–H and O–H groups in total. The number of hydrogen-bond donors (Lipinski definition) is 1. The topological polar surface area (TPSA) is 61.5 Å². The molecule has 1 aromatic rings. The molecule has 8 heteroatoms. The van der Waals surface area contributed by atoms with E-state index >= 15 is 0 Å². The summed E-state index contributed by atoms with van der Waals surface area (Å²) in [5.41, 5.74) is 1.73. The highest BCUT2D eigenvalue weighted by Crippen LogP contribution is 2.29. The van der Waals surface area contributed by atoms with Crippen LogP contribution in [0.1, 0.15) is 17.3 Å². The van der Waals surface area contributed by atoms with Crippen molar-refractivity contribution in [1.29, 1.82) is 0 Å². The van der Waals surface area contributed by atoms with E-state index in [1.807, 2.05) is 0 Å². The smallest absolute Gasteiger partial charge is 0.441 e. The normalized spacial score (nSPS) is 11.2. The van der Waals surface area contributed by atoms with E-state index in [2.05, 4.69) is 0 Å². The van der Waals surface area contributed by atoms with E-state index < -0.39 is 11.5 Å². The predicted molar refractivity (Wildman–Crippen MR) is 70.8 cm³/mol. The second kappa shape index (κ2) is 7.28. The van der Waals surface area contributed by atoms with Gasteiger partial charge in [0.15, 0.2) is 0 Å². The van der Waals surface area contributed by atoms with Gasteiger partial charge in [0.1, 0.15) is 12.4 Å². The lowest BCUT2D eigenvalue weighted by Gasteiger charge is -2.09. The van der Waals surface area contributed by atoms with Gasteiger partial charge < -0.3 is 15.2 Å². The lowest BCUT2D eigenvalue weighted by atomic mass is 10.2. The minimum atomic E-state index is -4.33. The van der Waals surface area contributed by atoms with Crippen molar-refractivity contribution in [2.75, 3.05) is 24.7 Å². The highest BCUT2D eigenvalue weighted by molar-refractivity contribution is 8.00. The Kier molecular flexibility index (Phi) is 6.00. The van der Waals surface area contributed by atoms with Crippen LogP contribution in [0.2, 0.25) is 0 Å². The number of benzene rings is 1. The van der Waals surface area contributed by atoms with E-state index in [4.69, 9.17) is 15.2 Å². The van der Waals surface area contributed by atoms with E-state index in [-0.39, 0.29) is 29.7 Å². The second-order valence-electron chi connectivity index (χ2n) is 3.65. The first kappa shape index (κ1) is 16.5. The van der Waals surface area contributed by atoms with Crippen molar-refractivity contribution in [2.45, 2.75) is 12.4 Å². The van der Waals surface area contributed by atoms with Gasteiger partial charge in [0, 0.05) is 17.5 Å². The molecule has 1 rings (SSSR count). The van der Waals surface area contributed by atoms with Gasteiger partial charge in [-0.1, -0.05) is 0 Å². The fourth-order valence-corrected chi connectivity index (χ4v) is 1.76. The van der Waals surface area contributed by atoms with E-state index in [1.54, 1.807) is 13.0 Å². The van der Waals surface area contributed by atoms with Crippen LogP contribution in [0, 0.1) is 0 Å². The molecule has 0 aliphatic rings. The summed E-state index contributed by atoms with van der Waals surface area (Å²) >= 11 is -0.241. The molecular formula is C12H14F3NO3S. The molecule has 0 heterocycles. The summed E-state index contributed by atoms with van der Waals surface area (Å²) in [6.07, 6.45) is 0. The largest absolute Gasteiger partial charge is 0.494 e. The maximum atomic E-state index is 11.9. The molecule has 0 fully saturated rings. The number of nitrogens with two attached hydrogens (primary N) is 1. The number of carbonyl (C=O) groups excluding carboxylic acids is 1. The van der Waals surface area contributed by atoms with Crippen molar-refractivity contribution in [3.05, 3.63) is 23.8 Å². The fourth-order valence-electron chi connectivity index (χ4n) is 1.37. The zero-order chi connectivity index (χ0) is 15.2. The number of esters is 1. The Morgan fingerprint density at radius 2 is 2.05 bits per heavy atom. The molecule has 0 saturated carbocycles. The number of alkyl halides is 3. The number of hydrogen-bond acceptors (Lipinski definition) is 5. The zero-order valence-electron chi connectivity index (χ0n) is 10.7. The number of nitrogen functional groups attached to an aromatic ring is 1. The zero-order valence-corrected chi connectivity index (χ0v) is 11.5. The van der Waals surface area contributed by atoms with Crippen molar-refractivity contribution in [3.8, 4) is 5.75 Å². The van der Waals surface area contributed by atoms with Crippen LogP contribution in [0.4, 0.5) is 18.9 Å². The van der Waals surface area contributed by atoms with Crippen LogP contribution in [0.3, 0.4) is 0 Å². The van der Waals surface area contributed by atoms with Gasteiger partial charge in [-0.2, -0.15) is 13.2 Å². The monoisotopic (exact) mass is 309 g/mol. The van der Waals surface area contributed by atoms with Crippen LogP contribution < -0.4 is 10.5 Å². The molecule has 0 bridgehead atoms. The molecule has 0 amide bonds. The highest BCUT2D eigenvalue weighted by atomic mass is 32.2. The Hall–Kier alpha value is -1.57. The van der Waals surface area contributed by atoms with Gasteiger partial charge in [-0.3, -0.25) is 0 Å². The van der Waals surface area contributed by atoms with Crippen molar-refractivity contribution in [2.24, 2.45) is 0 Å². The van der Waals surface area contributed by atoms with Gasteiger partial charge >= 0.3 is 11.5 Å². The maximum Gasteiger partial charge on any atom is 0.441 e. The standard InChI is InChI=1S/C12H14F3NO3S/c1-2-18-10-6-8(5-9(16)7-10)11(17)19-3-4-20-12(13,14)15/h5-7H,2-4,16H2,1H3. The molecule has 0 aliphatic carbocycles. The van der Waals surface area contributed by atoms with Crippen LogP contribution in [0.25, 0.3) is 0 Å². The SMILES string of the molecule is CCOc1cc(N)cc(C(=O)OCCSC(F)(F)F)c1. The van der Waals surface area contributed by atoms with Gasteiger partial charge in [0.05, 0.1) is 12.2 Å². The van der Waals surface area contributed by atoms with E-state index in [0.717, 1.165) is 0 Å². The number of ether oxygens (including phenoxy) is 2. The van der Waals surface area contributed by atoms with Crippen molar-refractivity contribution < 1.29 is 27.4 Å². The number of rotatable bonds is 6. The second-order valence-corrected chi connectivity index (χ2v) is 4.81. The van der Waals surface area contributed by atoms with Gasteiger partial charge in [-0.15, -0.1) is 0 Å². The lowest BCUT2D eigenvalue weighted by molar-refractivity contribution is -0.0331. The lowest BCUT2D eigenvalue weighted by Crippen LogP contribution is -2.11. The summed E-state index contributed by atoms with van der Waals surface area (Å²) < 4.78 is 45.6. The molecule has 0 aromatic heterocycles. The minimum absolute atomic E-state index is 0.144. The average molecular weight is 309 g/mol. The average Bonchev–Trinajstić information content (AvgIpc) is 2.33. The third-order valence-electron chi connectivity index (χ3n) is 2.06. The molecule has 0 radical (unpaired) electrons. The van der Waals surface area contributed by atoms with Crippen molar-refractivity contribution in [3.63, 3.8) is 0 Å². The van der Waals surface area contributed by atoms with Crippen LogP contribution in [0.5, 0.6) is 5.75 Å². The fraction of sp³-hybridized carbons (Fsp3) is 0.417. The van der Waals surface area contributed by atoms with Crippen LogP contribution in [0.15, 0.2) is 18.2 Å². The number of carbonyl (C=O) groups is 1. The summed E-state index contributed by atoms with van der Waals surface area (Å²) in [4.78, 5) is 11.7. The molecule has 0 saturated heterocycles. The molecule has 0 aliphatic heterocycles. The van der Waals surface area contributed by atoms with Crippen molar-refractivity contribution >= 4 is 23.4 Å². The Labute approximate surface area is 118 Å². The van der Waals surface area contributed by atoms with Crippen LogP contribution in [-0.2, 0) is 4.74 Å². The Morgan fingerprint density at radius 1 is 1.35 bits per heavy atom. The molecule has 0 atom stereocenters. The molecule has 1 aromatic carbocycles. The van der Waals surface area contributed by atoms with Gasteiger partial charge in [-0.25, -0.2) is 4.79 Å². The maximum absolute atomic E-state index is 11.9. The molecule has 0 unspecified atom stereocenters. The molecule has 0 spiro atoms. The summed E-state index contributed by atoms with van der Waals surface area (Å²) in [6.45, 7) is 1.84. The summed E-state index contributed by atoms with van der Waals surface area (Å²) in [5, 5.41) is 0. The molecule has 4 nitrogen and oxygen atoms in total. The van der Waals surface area contributed by atoms with E-state index in [9.17, 15) is 18.0 Å². The molecular weight excluding hydrogens is 295 g/mol. The first-order valence-corrected chi connectivity index (χ1v) is 6.71. The highest BCUT2D eigenvalue weighted by Gasteiger charge is 2.27. The van der Waals surface area contributed by atoms with E-state index in [1.165, 1.54) is 12.1 Å². The van der Waals surface area contributed by atoms with Crippen molar-refractivity contribution in [1.82, 2.24) is 0 Å². The number of anilines is 1. The third kappa shape index (κ3) is 6.05. The van der Waals surface area contributed by atoms with Crippen LogP contribution >= 0.6 is 11.8 Å². The van der Waals surface area contributed by atoms with E-state index in [0.29, 0.717) is 18.0 Å². The minimum Gasteiger partial charge on any atom is -0.494 e. The summed E-state index contributed by atoms with van der Waals surface area (Å²) in [5.74, 6) is -0.680. The van der Waals surface area contributed by atoms with Gasteiger partial charge in [0.2, 0.25) is 0 Å². The summed E-state index contributed by atoms with van der Waals surface area (Å²) in [6, 6.07) is 4.35. The summed E-state index contributed by atoms with van der Waals surface area (Å²) in [7, 11) is 0. The number of halogens is 3. The Bertz CT molecular complexity index is 466. The molecule has 112 valence electrons. The Morgan fingerprint density at radius 3 is 2.65 bits per heavy atom. The Balaban J connectivity index is 2.55. The number of thioether (sulfide) groups is 1. The molecule has 20 heavy (non-hydrogen) atoms. The third-order valence-corrected chi connectivity index (χ3v) is 2.76. The predicted octanol–water partition coefficient (Wildman–Crippen LogP) is 3.08. The quantitative estimate of drug-likeness (QED) is 0.497. The van der Waals surface area contributed by atoms with Gasteiger partial charge in [0.25, 0.3) is 0 Å². The first-order chi connectivity index (χ1) is 9.31. The first-order valence-electron chi connectivity index (χ1n) is 5.73. The van der Waals surface area contributed by atoms with Crippen LogP contribution in [-0.4, -0.2) is 30.4 Å².